The van der Waals surface area contributed by atoms with Crippen molar-refractivity contribution in [3.8, 4) is 0 Å². The Morgan fingerprint density at radius 1 is 1.69 bits per heavy atom. The average molecular weight is 304 g/mol. The quantitative estimate of drug-likeness (QED) is 0.785. The van der Waals surface area contributed by atoms with Crippen molar-refractivity contribution in [2.75, 3.05) is 25.1 Å². The molecule has 0 N–H and O–H groups in total. The predicted octanol–water partition coefficient (Wildman–Crippen LogP) is 2.29. The Morgan fingerprint density at radius 3 is 3.12 bits per heavy atom. The molecule has 0 bridgehead atoms. The number of thiophene rings is 1. The molecule has 5 heteroatoms. The van der Waals surface area contributed by atoms with Gasteiger partial charge in [-0.05, 0) is 19.1 Å². The molecule has 1 aliphatic heterocycles. The summed E-state index contributed by atoms with van der Waals surface area (Å²) in [6, 6.07) is 4.05. The van der Waals surface area contributed by atoms with E-state index in [1.165, 1.54) is 4.88 Å². The molecule has 3 nitrogen and oxygen atoms in total. The Morgan fingerprint density at radius 2 is 2.50 bits per heavy atom. The minimum atomic E-state index is 0.130. The van der Waals surface area contributed by atoms with Gasteiger partial charge in [0.05, 0.1) is 24.1 Å². The van der Waals surface area contributed by atoms with E-state index in [0.717, 1.165) is 10.2 Å². The fourth-order valence-electron chi connectivity index (χ4n) is 1.74. The number of rotatable bonds is 2. The van der Waals surface area contributed by atoms with Gasteiger partial charge in [0.15, 0.2) is 0 Å². The van der Waals surface area contributed by atoms with E-state index >= 15 is 0 Å². The maximum absolute atomic E-state index is 12.2. The summed E-state index contributed by atoms with van der Waals surface area (Å²) in [6.07, 6.45) is 0. The number of carbonyl (C=O) groups is 1. The number of morpholine rings is 1. The smallest absolute Gasteiger partial charge is 0.264 e. The zero-order chi connectivity index (χ0) is 11.5. The van der Waals surface area contributed by atoms with Crippen LogP contribution in [0, 0.1) is 6.92 Å². The van der Waals surface area contributed by atoms with E-state index in [4.69, 9.17) is 4.74 Å². The average Bonchev–Trinajstić information content (AvgIpc) is 2.75. The molecule has 0 saturated carbocycles. The molecule has 1 aliphatic rings. The van der Waals surface area contributed by atoms with Crippen molar-refractivity contribution in [1.82, 2.24) is 4.90 Å². The third-order valence-corrected chi connectivity index (χ3v) is 4.35. The first-order valence-corrected chi connectivity index (χ1v) is 7.17. The Kier molecular flexibility index (Phi) is 4.00. The zero-order valence-electron chi connectivity index (χ0n) is 9.11. The number of nitrogens with zero attached hydrogens (tertiary/aromatic N) is 1. The summed E-state index contributed by atoms with van der Waals surface area (Å²) in [7, 11) is 0. The minimum absolute atomic E-state index is 0.130. The van der Waals surface area contributed by atoms with Gasteiger partial charge in [-0.1, -0.05) is 15.9 Å². The van der Waals surface area contributed by atoms with Crippen LogP contribution in [0.5, 0.6) is 0 Å². The highest BCUT2D eigenvalue weighted by molar-refractivity contribution is 9.09. The number of amides is 1. The zero-order valence-corrected chi connectivity index (χ0v) is 11.5. The molecule has 1 amide bonds. The minimum Gasteiger partial charge on any atom is -0.377 e. The third kappa shape index (κ3) is 2.47. The van der Waals surface area contributed by atoms with Crippen molar-refractivity contribution < 1.29 is 9.53 Å². The van der Waals surface area contributed by atoms with E-state index in [9.17, 15) is 4.79 Å². The topological polar surface area (TPSA) is 29.5 Å². The number of alkyl halides is 1. The number of halogens is 1. The molecular weight excluding hydrogens is 290 g/mol. The van der Waals surface area contributed by atoms with E-state index < -0.39 is 0 Å². The summed E-state index contributed by atoms with van der Waals surface area (Å²) < 4.78 is 5.37. The molecule has 1 unspecified atom stereocenters. The normalized spacial score (nSPS) is 21.1. The van der Waals surface area contributed by atoms with E-state index in [0.29, 0.717) is 19.8 Å². The first kappa shape index (κ1) is 12.1. The van der Waals surface area contributed by atoms with Crippen molar-refractivity contribution in [2.45, 2.75) is 13.0 Å². The first-order chi connectivity index (χ1) is 7.72. The van der Waals surface area contributed by atoms with Gasteiger partial charge in [0, 0.05) is 16.8 Å². The van der Waals surface area contributed by atoms with Crippen LogP contribution in [0.3, 0.4) is 0 Å². The number of ether oxygens (including phenoxy) is 1. The fourth-order valence-corrected chi connectivity index (χ4v) is 3.10. The van der Waals surface area contributed by atoms with Crippen LogP contribution >= 0.6 is 27.3 Å². The van der Waals surface area contributed by atoms with Crippen molar-refractivity contribution in [3.63, 3.8) is 0 Å². The molecule has 0 spiro atoms. The molecule has 1 aromatic rings. The number of aryl methyl sites for hydroxylation is 1. The highest BCUT2D eigenvalue weighted by Crippen LogP contribution is 2.20. The van der Waals surface area contributed by atoms with Gasteiger partial charge in [-0.3, -0.25) is 4.79 Å². The molecule has 2 heterocycles. The molecular formula is C11H14BrNO2S. The predicted molar refractivity (Wildman–Crippen MR) is 68.5 cm³/mol. The highest BCUT2D eigenvalue weighted by atomic mass is 79.9. The van der Waals surface area contributed by atoms with Crippen LogP contribution in [0.2, 0.25) is 0 Å². The lowest BCUT2D eigenvalue weighted by molar-refractivity contribution is 0.00552. The van der Waals surface area contributed by atoms with E-state index in [-0.39, 0.29) is 11.9 Å². The van der Waals surface area contributed by atoms with Gasteiger partial charge in [-0.25, -0.2) is 0 Å². The molecule has 1 saturated heterocycles. The van der Waals surface area contributed by atoms with Crippen LogP contribution in [0.1, 0.15) is 14.5 Å². The van der Waals surface area contributed by atoms with Crippen LogP contribution in [0.25, 0.3) is 0 Å². The highest BCUT2D eigenvalue weighted by Gasteiger charge is 2.27. The summed E-state index contributed by atoms with van der Waals surface area (Å²) in [5, 5.41) is 0.767. The third-order valence-electron chi connectivity index (χ3n) is 2.62. The SMILES string of the molecule is Cc1ccc(C(=O)N2CCOCC2CBr)s1. The standard InChI is InChI=1S/C11H14BrNO2S/c1-8-2-3-10(16-8)11(14)13-4-5-15-7-9(13)6-12/h2-3,9H,4-7H2,1H3. The van der Waals surface area contributed by atoms with Crippen LogP contribution in [0.15, 0.2) is 12.1 Å². The van der Waals surface area contributed by atoms with Crippen LogP contribution in [-0.2, 0) is 4.74 Å². The summed E-state index contributed by atoms with van der Waals surface area (Å²) in [4.78, 5) is 16.1. The molecule has 0 radical (unpaired) electrons. The van der Waals surface area contributed by atoms with E-state index in [1.807, 2.05) is 24.0 Å². The lowest BCUT2D eigenvalue weighted by Crippen LogP contribution is -2.49. The second kappa shape index (κ2) is 5.29. The first-order valence-electron chi connectivity index (χ1n) is 5.23. The molecule has 0 aromatic carbocycles. The van der Waals surface area contributed by atoms with Gasteiger partial charge < -0.3 is 9.64 Å². The lowest BCUT2D eigenvalue weighted by Gasteiger charge is -2.34. The molecule has 88 valence electrons. The number of hydrogen-bond acceptors (Lipinski definition) is 3. The van der Waals surface area contributed by atoms with Gasteiger partial charge in [0.1, 0.15) is 0 Å². The van der Waals surface area contributed by atoms with E-state index in [1.54, 1.807) is 11.3 Å². The van der Waals surface area contributed by atoms with Crippen molar-refractivity contribution in [2.24, 2.45) is 0 Å². The molecule has 1 atom stereocenters. The summed E-state index contributed by atoms with van der Waals surface area (Å²) >= 11 is 4.98. The second-order valence-electron chi connectivity index (χ2n) is 3.79. The summed E-state index contributed by atoms with van der Waals surface area (Å²) in [5.41, 5.74) is 0. The van der Waals surface area contributed by atoms with Gasteiger partial charge >= 0.3 is 0 Å². The Balaban J connectivity index is 2.13. The number of carbonyl (C=O) groups excluding carboxylic acids is 1. The van der Waals surface area contributed by atoms with Crippen molar-refractivity contribution in [3.05, 3.63) is 21.9 Å². The Bertz CT molecular complexity index is 380. The molecule has 2 rings (SSSR count). The van der Waals surface area contributed by atoms with Crippen LogP contribution in [-0.4, -0.2) is 41.9 Å². The van der Waals surface area contributed by atoms with E-state index in [2.05, 4.69) is 15.9 Å². The largest absolute Gasteiger partial charge is 0.377 e. The molecule has 1 fully saturated rings. The summed E-state index contributed by atoms with van der Waals surface area (Å²) in [5.74, 6) is 0.130. The Hall–Kier alpha value is -0.390. The molecule has 0 aliphatic carbocycles. The van der Waals surface area contributed by atoms with Gasteiger partial charge in [-0.2, -0.15) is 0 Å². The second-order valence-corrected chi connectivity index (χ2v) is 5.73. The molecule has 1 aromatic heterocycles. The van der Waals surface area contributed by atoms with Gasteiger partial charge in [0.2, 0.25) is 0 Å². The van der Waals surface area contributed by atoms with Crippen LogP contribution < -0.4 is 0 Å². The lowest BCUT2D eigenvalue weighted by atomic mass is 10.2. The summed E-state index contributed by atoms with van der Waals surface area (Å²) in [6.45, 7) is 3.97. The van der Waals surface area contributed by atoms with Crippen molar-refractivity contribution >= 4 is 33.2 Å². The number of hydrogen-bond donors (Lipinski definition) is 0. The fraction of sp³-hybridized carbons (Fsp3) is 0.545. The maximum atomic E-state index is 12.2. The van der Waals surface area contributed by atoms with Gasteiger partial charge in [-0.15, -0.1) is 11.3 Å². The Labute approximate surface area is 108 Å². The maximum Gasteiger partial charge on any atom is 0.264 e. The van der Waals surface area contributed by atoms with Crippen molar-refractivity contribution in [1.29, 1.82) is 0 Å². The monoisotopic (exact) mass is 303 g/mol. The van der Waals surface area contributed by atoms with Gasteiger partial charge in [0.25, 0.3) is 5.91 Å². The van der Waals surface area contributed by atoms with Crippen LogP contribution in [0.4, 0.5) is 0 Å². The molecule has 16 heavy (non-hydrogen) atoms.